The molecule has 6 heteroatoms. The summed E-state index contributed by atoms with van der Waals surface area (Å²) in [6.07, 6.45) is 8.87. The van der Waals surface area contributed by atoms with Crippen molar-refractivity contribution in [3.8, 4) is 0 Å². The fourth-order valence-corrected chi connectivity index (χ4v) is 3.42. The molecule has 0 bridgehead atoms. The number of hydrogen-bond donors (Lipinski definition) is 2. The van der Waals surface area contributed by atoms with Crippen molar-refractivity contribution in [3.63, 3.8) is 0 Å². The number of hydrogen-bond acceptors (Lipinski definition) is 3. The van der Waals surface area contributed by atoms with Crippen LogP contribution in [0.15, 0.2) is 16.6 Å². The lowest BCUT2D eigenvalue weighted by Crippen LogP contribution is -2.49. The first-order chi connectivity index (χ1) is 11.7. The molecule has 1 fully saturated rings. The molecule has 1 saturated heterocycles. The molecule has 1 aliphatic carbocycles. The fraction of sp³-hybridized carbons (Fsp3) is 0.842. The zero-order valence-corrected chi connectivity index (χ0v) is 18.7. The lowest BCUT2D eigenvalue weighted by Gasteiger charge is -2.35. The van der Waals surface area contributed by atoms with E-state index in [0.717, 1.165) is 45.1 Å². The molecule has 0 spiro atoms. The quantitative estimate of drug-likeness (QED) is 0.264. The summed E-state index contributed by atoms with van der Waals surface area (Å²) in [4.78, 5) is 9.77. The Balaban J connectivity index is 0.00000312. The van der Waals surface area contributed by atoms with Crippen molar-refractivity contribution in [1.82, 2.24) is 20.4 Å². The highest BCUT2D eigenvalue weighted by Gasteiger charge is 2.18. The van der Waals surface area contributed by atoms with Gasteiger partial charge in [-0.2, -0.15) is 0 Å². The maximum absolute atomic E-state index is 4.81. The third-order valence-corrected chi connectivity index (χ3v) is 5.14. The van der Waals surface area contributed by atoms with Gasteiger partial charge in [-0.05, 0) is 53.0 Å². The zero-order chi connectivity index (χ0) is 17.2. The molecule has 1 unspecified atom stereocenters. The number of rotatable bonds is 7. The number of piperazine rings is 1. The van der Waals surface area contributed by atoms with Crippen LogP contribution in [0.4, 0.5) is 0 Å². The molecule has 25 heavy (non-hydrogen) atoms. The Labute approximate surface area is 171 Å². The molecular weight excluding hydrogens is 425 g/mol. The average molecular weight is 463 g/mol. The maximum atomic E-state index is 4.81. The van der Waals surface area contributed by atoms with Crippen molar-refractivity contribution in [2.24, 2.45) is 4.99 Å². The summed E-state index contributed by atoms with van der Waals surface area (Å²) in [6.45, 7) is 11.8. The van der Waals surface area contributed by atoms with Gasteiger partial charge in [-0.1, -0.05) is 11.6 Å². The van der Waals surface area contributed by atoms with Crippen LogP contribution in [0.2, 0.25) is 0 Å². The molecule has 2 N–H and O–H groups in total. The second-order valence-corrected chi connectivity index (χ2v) is 7.19. The van der Waals surface area contributed by atoms with Gasteiger partial charge in [0.1, 0.15) is 0 Å². The van der Waals surface area contributed by atoms with Gasteiger partial charge in [0.05, 0.1) is 6.54 Å². The summed E-state index contributed by atoms with van der Waals surface area (Å²) >= 11 is 0. The van der Waals surface area contributed by atoms with Crippen LogP contribution in [0.1, 0.15) is 46.0 Å². The number of nitrogens with zero attached hydrogens (tertiary/aromatic N) is 3. The van der Waals surface area contributed by atoms with Crippen molar-refractivity contribution in [2.75, 3.05) is 52.9 Å². The molecule has 1 atom stereocenters. The number of guanidine groups is 1. The summed E-state index contributed by atoms with van der Waals surface area (Å²) in [6, 6.07) is 0.509. The molecule has 0 radical (unpaired) electrons. The zero-order valence-electron chi connectivity index (χ0n) is 16.4. The number of nitrogens with one attached hydrogen (secondary N) is 2. The first kappa shape index (κ1) is 22.7. The van der Waals surface area contributed by atoms with Crippen molar-refractivity contribution in [3.05, 3.63) is 11.6 Å². The molecule has 0 amide bonds. The van der Waals surface area contributed by atoms with Gasteiger partial charge in [0, 0.05) is 45.3 Å². The fourth-order valence-electron chi connectivity index (χ4n) is 3.42. The lowest BCUT2D eigenvalue weighted by atomic mass is 9.97. The van der Waals surface area contributed by atoms with Crippen LogP contribution in [-0.2, 0) is 0 Å². The highest BCUT2D eigenvalue weighted by Crippen LogP contribution is 2.19. The van der Waals surface area contributed by atoms with E-state index < -0.39 is 0 Å². The first-order valence-corrected chi connectivity index (χ1v) is 9.81. The minimum absolute atomic E-state index is 0. The lowest BCUT2D eigenvalue weighted by molar-refractivity contribution is 0.122. The van der Waals surface area contributed by atoms with Crippen LogP contribution >= 0.6 is 24.0 Å². The van der Waals surface area contributed by atoms with Crippen molar-refractivity contribution in [1.29, 1.82) is 0 Å². The van der Waals surface area contributed by atoms with Gasteiger partial charge in [0.15, 0.2) is 5.96 Å². The smallest absolute Gasteiger partial charge is 0.191 e. The monoisotopic (exact) mass is 463 g/mol. The molecule has 2 aliphatic rings. The van der Waals surface area contributed by atoms with Crippen molar-refractivity contribution >= 4 is 29.9 Å². The highest BCUT2D eigenvalue weighted by molar-refractivity contribution is 14.0. The number of aliphatic imine (C=N–C) groups is 1. The molecule has 2 rings (SSSR count). The SMILES string of the molecule is CCNC(=NCC(C)N1CCN(C)CC1)NCCC1=CCCCC1.I. The standard InChI is InChI=1S/C19H37N5.HI/c1-4-20-19(21-11-10-18-8-6-5-7-9-18)22-16-17(2)24-14-12-23(3)13-15-24;/h8,17H,4-7,9-16H2,1-3H3,(H2,20,21,22);1H. The Morgan fingerprint density at radius 3 is 2.60 bits per heavy atom. The molecule has 1 aliphatic heterocycles. The Hall–Kier alpha value is -0.340. The van der Waals surface area contributed by atoms with Crippen LogP contribution in [-0.4, -0.2) is 74.7 Å². The largest absolute Gasteiger partial charge is 0.357 e. The predicted molar refractivity (Wildman–Crippen MR) is 119 cm³/mol. The Morgan fingerprint density at radius 2 is 1.96 bits per heavy atom. The van der Waals surface area contributed by atoms with E-state index in [4.69, 9.17) is 4.99 Å². The topological polar surface area (TPSA) is 42.9 Å². The first-order valence-electron chi connectivity index (χ1n) is 9.81. The van der Waals surface area contributed by atoms with Crippen LogP contribution in [0.5, 0.6) is 0 Å². The van der Waals surface area contributed by atoms with Gasteiger partial charge in [0.2, 0.25) is 0 Å². The van der Waals surface area contributed by atoms with Crippen LogP contribution < -0.4 is 10.6 Å². The Morgan fingerprint density at radius 1 is 1.20 bits per heavy atom. The maximum Gasteiger partial charge on any atom is 0.191 e. The highest BCUT2D eigenvalue weighted by atomic mass is 127. The minimum Gasteiger partial charge on any atom is -0.357 e. The van der Waals surface area contributed by atoms with E-state index in [9.17, 15) is 0 Å². The second kappa shape index (κ2) is 12.9. The number of allylic oxidation sites excluding steroid dienone is 1. The minimum atomic E-state index is 0. The van der Waals surface area contributed by atoms with E-state index in [1.165, 1.54) is 38.8 Å². The van der Waals surface area contributed by atoms with Crippen LogP contribution in [0.3, 0.4) is 0 Å². The van der Waals surface area contributed by atoms with Gasteiger partial charge >= 0.3 is 0 Å². The average Bonchev–Trinajstić information content (AvgIpc) is 2.61. The molecule has 1 heterocycles. The van der Waals surface area contributed by atoms with E-state index in [2.05, 4.69) is 47.4 Å². The molecular formula is C19H38IN5. The van der Waals surface area contributed by atoms with Gasteiger partial charge in [0.25, 0.3) is 0 Å². The van der Waals surface area contributed by atoms with Crippen molar-refractivity contribution < 1.29 is 0 Å². The number of likely N-dealkylation sites (N-methyl/N-ethyl adjacent to an activating group) is 1. The van der Waals surface area contributed by atoms with Gasteiger partial charge in [-0.3, -0.25) is 9.89 Å². The van der Waals surface area contributed by atoms with E-state index in [1.54, 1.807) is 5.57 Å². The van der Waals surface area contributed by atoms with E-state index in [-0.39, 0.29) is 24.0 Å². The van der Waals surface area contributed by atoms with Gasteiger partial charge < -0.3 is 15.5 Å². The van der Waals surface area contributed by atoms with Gasteiger partial charge in [-0.25, -0.2) is 0 Å². The summed E-state index contributed by atoms with van der Waals surface area (Å²) in [5.41, 5.74) is 1.62. The summed E-state index contributed by atoms with van der Waals surface area (Å²) < 4.78 is 0. The normalized spacial score (nSPS) is 21.2. The molecule has 146 valence electrons. The second-order valence-electron chi connectivity index (χ2n) is 7.19. The third kappa shape index (κ3) is 8.73. The van der Waals surface area contributed by atoms with Crippen LogP contribution in [0.25, 0.3) is 0 Å². The third-order valence-electron chi connectivity index (χ3n) is 5.14. The Bertz CT molecular complexity index is 416. The summed E-state index contributed by atoms with van der Waals surface area (Å²) in [5.74, 6) is 0.967. The van der Waals surface area contributed by atoms with E-state index in [1.807, 2.05) is 0 Å². The summed E-state index contributed by atoms with van der Waals surface area (Å²) in [7, 11) is 2.20. The van der Waals surface area contributed by atoms with E-state index in [0.29, 0.717) is 6.04 Å². The van der Waals surface area contributed by atoms with Crippen molar-refractivity contribution in [2.45, 2.75) is 52.0 Å². The number of halogens is 1. The molecule has 0 aromatic carbocycles. The predicted octanol–water partition coefficient (Wildman–Crippen LogP) is 2.69. The van der Waals surface area contributed by atoms with Gasteiger partial charge in [-0.15, -0.1) is 24.0 Å². The van der Waals surface area contributed by atoms with Crippen LogP contribution in [0, 0.1) is 0 Å². The van der Waals surface area contributed by atoms with E-state index >= 15 is 0 Å². The Kier molecular flexibility index (Phi) is 11.7. The molecule has 0 aromatic rings. The molecule has 5 nitrogen and oxygen atoms in total. The molecule has 0 aromatic heterocycles. The summed E-state index contributed by atoms with van der Waals surface area (Å²) in [5, 5.41) is 6.88. The molecule has 0 saturated carbocycles.